The molecule has 0 radical (unpaired) electrons. The Morgan fingerprint density at radius 1 is 1.08 bits per heavy atom. The maximum Gasteiger partial charge on any atom is 0.251 e. The first-order valence-electron chi connectivity index (χ1n) is 7.86. The molecule has 2 aromatic carbocycles. The Bertz CT molecular complexity index is 830. The lowest BCUT2D eigenvalue weighted by atomic mass is 10.0. The molecule has 0 aliphatic heterocycles. The standard InChI is InChI=1S/C18H20N2O3S/c1-24(22,23)20-16-9-5-8-15(12-16)18(21)19-17(14-10-11-14)13-6-3-2-4-7-13/h2-9,12,14,17,20H,10-11H2,1H3,(H,19,21)/t17-/m0/s1. The fourth-order valence-electron chi connectivity index (χ4n) is 2.73. The third-order valence-electron chi connectivity index (χ3n) is 3.97. The molecule has 1 saturated carbocycles. The van der Waals surface area contributed by atoms with E-state index in [1.165, 1.54) is 0 Å². The molecule has 0 aromatic heterocycles. The number of anilines is 1. The van der Waals surface area contributed by atoms with Gasteiger partial charge in [-0.25, -0.2) is 8.42 Å². The first-order chi connectivity index (χ1) is 11.4. The molecule has 1 aliphatic rings. The number of hydrogen-bond acceptors (Lipinski definition) is 3. The van der Waals surface area contributed by atoms with Crippen LogP contribution in [0.2, 0.25) is 0 Å². The summed E-state index contributed by atoms with van der Waals surface area (Å²) in [6.45, 7) is 0. The number of amides is 1. The fourth-order valence-corrected chi connectivity index (χ4v) is 3.28. The molecule has 1 atom stereocenters. The van der Waals surface area contributed by atoms with Gasteiger partial charge in [0.2, 0.25) is 10.0 Å². The maximum atomic E-state index is 12.6. The lowest BCUT2D eigenvalue weighted by Gasteiger charge is -2.19. The Hall–Kier alpha value is -2.34. The molecule has 0 saturated heterocycles. The summed E-state index contributed by atoms with van der Waals surface area (Å²) in [6.07, 6.45) is 3.29. The second-order valence-electron chi connectivity index (χ2n) is 6.15. The van der Waals surface area contributed by atoms with Crippen molar-refractivity contribution in [2.75, 3.05) is 11.0 Å². The topological polar surface area (TPSA) is 75.3 Å². The van der Waals surface area contributed by atoms with E-state index in [1.54, 1.807) is 24.3 Å². The number of hydrogen-bond donors (Lipinski definition) is 2. The predicted molar refractivity (Wildman–Crippen MR) is 94.3 cm³/mol. The average Bonchev–Trinajstić information content (AvgIpc) is 3.36. The molecule has 1 amide bonds. The van der Waals surface area contributed by atoms with Gasteiger partial charge in [-0.1, -0.05) is 36.4 Å². The fraction of sp³-hybridized carbons (Fsp3) is 0.278. The monoisotopic (exact) mass is 344 g/mol. The Morgan fingerprint density at radius 2 is 1.79 bits per heavy atom. The summed E-state index contributed by atoms with van der Waals surface area (Å²) in [5, 5.41) is 3.09. The molecular formula is C18H20N2O3S. The van der Waals surface area contributed by atoms with Gasteiger partial charge in [-0.15, -0.1) is 0 Å². The maximum absolute atomic E-state index is 12.6. The molecule has 1 fully saturated rings. The molecule has 0 spiro atoms. The Balaban J connectivity index is 1.77. The number of carbonyl (C=O) groups is 1. The van der Waals surface area contributed by atoms with Crippen molar-refractivity contribution in [3.8, 4) is 0 Å². The minimum Gasteiger partial charge on any atom is -0.345 e. The van der Waals surface area contributed by atoms with Crippen LogP contribution in [0.5, 0.6) is 0 Å². The molecule has 0 unspecified atom stereocenters. The van der Waals surface area contributed by atoms with Gasteiger partial charge in [-0.3, -0.25) is 9.52 Å². The minimum atomic E-state index is -3.37. The largest absolute Gasteiger partial charge is 0.345 e. The first-order valence-corrected chi connectivity index (χ1v) is 9.75. The van der Waals surface area contributed by atoms with Crippen LogP contribution in [-0.2, 0) is 10.0 Å². The zero-order chi connectivity index (χ0) is 17.2. The van der Waals surface area contributed by atoms with E-state index in [9.17, 15) is 13.2 Å². The van der Waals surface area contributed by atoms with Gasteiger partial charge in [-0.2, -0.15) is 0 Å². The number of sulfonamides is 1. The summed E-state index contributed by atoms with van der Waals surface area (Å²) in [5.74, 6) is 0.265. The third kappa shape index (κ3) is 4.35. The molecule has 1 aliphatic carbocycles. The van der Waals surface area contributed by atoms with Gasteiger partial charge < -0.3 is 5.32 Å². The highest BCUT2D eigenvalue weighted by atomic mass is 32.2. The normalized spacial score (nSPS) is 15.5. The second kappa shape index (κ2) is 6.65. The quantitative estimate of drug-likeness (QED) is 0.846. The van der Waals surface area contributed by atoms with E-state index in [-0.39, 0.29) is 11.9 Å². The lowest BCUT2D eigenvalue weighted by Crippen LogP contribution is -2.30. The van der Waals surface area contributed by atoms with E-state index >= 15 is 0 Å². The van der Waals surface area contributed by atoms with Crippen LogP contribution in [0.3, 0.4) is 0 Å². The van der Waals surface area contributed by atoms with Crippen molar-refractivity contribution >= 4 is 21.6 Å². The molecule has 24 heavy (non-hydrogen) atoms. The molecule has 2 aromatic rings. The van der Waals surface area contributed by atoms with Crippen LogP contribution < -0.4 is 10.0 Å². The highest BCUT2D eigenvalue weighted by Gasteiger charge is 2.33. The van der Waals surface area contributed by atoms with Crippen LogP contribution in [0, 0.1) is 5.92 Å². The van der Waals surface area contributed by atoms with Crippen molar-refractivity contribution in [3.63, 3.8) is 0 Å². The molecule has 3 rings (SSSR count). The van der Waals surface area contributed by atoms with Crippen LogP contribution in [0.25, 0.3) is 0 Å². The van der Waals surface area contributed by atoms with Crippen molar-refractivity contribution in [2.45, 2.75) is 18.9 Å². The van der Waals surface area contributed by atoms with Crippen LogP contribution in [0.4, 0.5) is 5.69 Å². The van der Waals surface area contributed by atoms with E-state index < -0.39 is 10.0 Å². The molecule has 2 N–H and O–H groups in total. The van der Waals surface area contributed by atoms with Gasteiger partial charge >= 0.3 is 0 Å². The van der Waals surface area contributed by atoms with Gasteiger partial charge in [0.1, 0.15) is 0 Å². The van der Waals surface area contributed by atoms with E-state index in [1.807, 2.05) is 30.3 Å². The summed E-state index contributed by atoms with van der Waals surface area (Å²) in [4.78, 5) is 12.6. The van der Waals surface area contributed by atoms with Gasteiger partial charge in [0, 0.05) is 11.3 Å². The number of rotatable bonds is 6. The molecular weight excluding hydrogens is 324 g/mol. The summed E-state index contributed by atoms with van der Waals surface area (Å²) < 4.78 is 25.0. The zero-order valence-electron chi connectivity index (χ0n) is 13.4. The van der Waals surface area contributed by atoms with E-state index in [0.717, 1.165) is 24.7 Å². The van der Waals surface area contributed by atoms with E-state index in [0.29, 0.717) is 17.2 Å². The molecule has 5 nitrogen and oxygen atoms in total. The van der Waals surface area contributed by atoms with Crippen LogP contribution in [0.1, 0.15) is 34.8 Å². The lowest BCUT2D eigenvalue weighted by molar-refractivity contribution is 0.0931. The van der Waals surface area contributed by atoms with Gasteiger partial charge in [0.05, 0.1) is 12.3 Å². The summed E-state index contributed by atoms with van der Waals surface area (Å²) >= 11 is 0. The summed E-state index contributed by atoms with van der Waals surface area (Å²) in [6, 6.07) is 16.4. The van der Waals surface area contributed by atoms with Crippen molar-refractivity contribution < 1.29 is 13.2 Å². The molecule has 126 valence electrons. The second-order valence-corrected chi connectivity index (χ2v) is 7.90. The molecule has 6 heteroatoms. The summed E-state index contributed by atoms with van der Waals surface area (Å²) in [5.41, 5.74) is 1.91. The minimum absolute atomic E-state index is 0.00905. The highest BCUT2D eigenvalue weighted by Crippen LogP contribution is 2.41. The van der Waals surface area contributed by atoms with Crippen molar-refractivity contribution in [2.24, 2.45) is 5.92 Å². The average molecular weight is 344 g/mol. The SMILES string of the molecule is CS(=O)(=O)Nc1cccc(C(=O)N[C@@H](c2ccccc2)C2CC2)c1. The zero-order valence-corrected chi connectivity index (χ0v) is 14.2. The van der Waals surface area contributed by atoms with Crippen LogP contribution in [-0.4, -0.2) is 20.6 Å². The number of benzene rings is 2. The third-order valence-corrected chi connectivity index (χ3v) is 4.57. The van der Waals surface area contributed by atoms with Gasteiger partial charge in [0.25, 0.3) is 5.91 Å². The van der Waals surface area contributed by atoms with E-state index in [4.69, 9.17) is 0 Å². The summed E-state index contributed by atoms with van der Waals surface area (Å²) in [7, 11) is -3.37. The highest BCUT2D eigenvalue weighted by molar-refractivity contribution is 7.92. The van der Waals surface area contributed by atoms with Crippen molar-refractivity contribution in [1.29, 1.82) is 0 Å². The van der Waals surface area contributed by atoms with Crippen LogP contribution in [0.15, 0.2) is 54.6 Å². The number of carbonyl (C=O) groups excluding carboxylic acids is 1. The van der Waals surface area contributed by atoms with E-state index in [2.05, 4.69) is 10.0 Å². The van der Waals surface area contributed by atoms with Crippen molar-refractivity contribution in [3.05, 3.63) is 65.7 Å². The Kier molecular flexibility index (Phi) is 4.57. The first kappa shape index (κ1) is 16.5. The number of nitrogens with one attached hydrogen (secondary N) is 2. The Labute approximate surface area is 142 Å². The van der Waals surface area contributed by atoms with Gasteiger partial charge in [0.15, 0.2) is 0 Å². The van der Waals surface area contributed by atoms with Gasteiger partial charge in [-0.05, 0) is 42.5 Å². The molecule has 0 heterocycles. The predicted octanol–water partition coefficient (Wildman–Crippen LogP) is 2.94. The Morgan fingerprint density at radius 3 is 2.42 bits per heavy atom. The smallest absolute Gasteiger partial charge is 0.251 e. The molecule has 0 bridgehead atoms. The van der Waals surface area contributed by atoms with Crippen molar-refractivity contribution in [1.82, 2.24) is 5.32 Å². The van der Waals surface area contributed by atoms with Crippen LogP contribution >= 0.6 is 0 Å².